The van der Waals surface area contributed by atoms with E-state index in [0.717, 1.165) is 0 Å². The lowest BCUT2D eigenvalue weighted by molar-refractivity contribution is 0.745. The van der Waals surface area contributed by atoms with Crippen molar-refractivity contribution in [3.05, 3.63) is 139 Å². The van der Waals surface area contributed by atoms with E-state index >= 15 is 0 Å². The largest absolute Gasteiger partial charge is 0.332 e. The molecular formula is C36H24N2S. The Kier molecular flexibility index (Phi) is 4.35. The second kappa shape index (κ2) is 7.95. The van der Waals surface area contributed by atoms with E-state index in [0.29, 0.717) is 0 Å². The Bertz CT molecular complexity index is 2100. The summed E-state index contributed by atoms with van der Waals surface area (Å²) in [5.41, 5.74) is 7.75. The highest BCUT2D eigenvalue weighted by molar-refractivity contribution is 7.26. The zero-order valence-corrected chi connectivity index (χ0v) is 22.0. The lowest BCUT2D eigenvalue weighted by atomic mass is 9.90. The van der Waals surface area contributed by atoms with Crippen molar-refractivity contribution in [2.45, 2.75) is 12.0 Å². The van der Waals surface area contributed by atoms with Crippen molar-refractivity contribution < 1.29 is 0 Å². The number of aromatic nitrogens is 1. The van der Waals surface area contributed by atoms with Gasteiger partial charge in [-0.3, -0.25) is 0 Å². The molecule has 7 aromatic rings. The van der Waals surface area contributed by atoms with Gasteiger partial charge in [0.25, 0.3) is 0 Å². The highest BCUT2D eigenvalue weighted by Crippen LogP contribution is 2.52. The zero-order valence-electron chi connectivity index (χ0n) is 21.2. The second-order valence-corrected chi connectivity index (χ2v) is 11.6. The van der Waals surface area contributed by atoms with Crippen LogP contribution in [0.25, 0.3) is 47.7 Å². The Labute approximate surface area is 230 Å². The average Bonchev–Trinajstić information content (AvgIpc) is 3.65. The van der Waals surface area contributed by atoms with Crippen LogP contribution in [0.3, 0.4) is 0 Å². The summed E-state index contributed by atoms with van der Waals surface area (Å²) in [6.45, 7) is 0. The Hall–Kier alpha value is -4.60. The van der Waals surface area contributed by atoms with Crippen molar-refractivity contribution >= 4 is 70.4 Å². The molecule has 1 aliphatic heterocycles. The van der Waals surface area contributed by atoms with E-state index in [2.05, 4.69) is 143 Å². The minimum Gasteiger partial charge on any atom is -0.332 e. The van der Waals surface area contributed by atoms with Gasteiger partial charge in [-0.15, -0.1) is 11.3 Å². The fourth-order valence-electron chi connectivity index (χ4n) is 6.89. The molecule has 2 nitrogen and oxygen atoms in total. The quantitative estimate of drug-likeness (QED) is 0.222. The number of nitrogens with zero attached hydrogens (tertiary/aromatic N) is 2. The van der Waals surface area contributed by atoms with Crippen molar-refractivity contribution in [3.8, 4) is 0 Å². The topological polar surface area (TPSA) is 8.17 Å². The van der Waals surface area contributed by atoms with Gasteiger partial charge in [0, 0.05) is 43.5 Å². The molecule has 2 aromatic heterocycles. The summed E-state index contributed by atoms with van der Waals surface area (Å²) >= 11 is 1.91. The van der Waals surface area contributed by atoms with Crippen LogP contribution in [0.5, 0.6) is 0 Å². The molecule has 3 heteroatoms. The monoisotopic (exact) mass is 516 g/mol. The van der Waals surface area contributed by atoms with Crippen LogP contribution in [-0.4, -0.2) is 10.6 Å². The molecular weight excluding hydrogens is 492 g/mol. The van der Waals surface area contributed by atoms with E-state index in [4.69, 9.17) is 0 Å². The maximum Gasteiger partial charge on any atom is 0.0631 e. The molecule has 3 heterocycles. The fourth-order valence-corrected chi connectivity index (χ4v) is 8.10. The molecule has 0 bridgehead atoms. The second-order valence-electron chi connectivity index (χ2n) is 10.5. The van der Waals surface area contributed by atoms with Gasteiger partial charge in [-0.1, -0.05) is 97.1 Å². The first-order valence-electron chi connectivity index (χ1n) is 13.5. The van der Waals surface area contributed by atoms with Gasteiger partial charge in [0.15, 0.2) is 0 Å². The molecule has 1 aliphatic carbocycles. The smallest absolute Gasteiger partial charge is 0.0631 e. The van der Waals surface area contributed by atoms with Gasteiger partial charge in [-0.05, 0) is 42.0 Å². The number of thiophene rings is 1. The van der Waals surface area contributed by atoms with Crippen molar-refractivity contribution in [2.75, 3.05) is 4.90 Å². The maximum absolute atomic E-state index is 2.58. The predicted octanol–water partition coefficient (Wildman–Crippen LogP) is 9.88. The number of benzene rings is 5. The van der Waals surface area contributed by atoms with Crippen LogP contribution in [-0.2, 0) is 0 Å². The summed E-state index contributed by atoms with van der Waals surface area (Å²) in [5, 5.41) is 5.29. The van der Waals surface area contributed by atoms with E-state index in [1.807, 2.05) is 11.3 Å². The number of hydrogen-bond donors (Lipinski definition) is 0. The summed E-state index contributed by atoms with van der Waals surface area (Å²) in [6.07, 6.45) is 7.26. The van der Waals surface area contributed by atoms with E-state index in [1.54, 1.807) is 0 Å². The van der Waals surface area contributed by atoms with Gasteiger partial charge in [0.1, 0.15) is 0 Å². The third-order valence-electron chi connectivity index (χ3n) is 8.52. The first kappa shape index (κ1) is 21.3. The number of para-hydroxylation sites is 3. The minimum atomic E-state index is 0.232. The molecule has 2 atom stereocenters. The Balaban J connectivity index is 1.25. The van der Waals surface area contributed by atoms with E-state index in [1.165, 1.54) is 64.6 Å². The highest BCUT2D eigenvalue weighted by atomic mass is 32.1. The van der Waals surface area contributed by atoms with Crippen LogP contribution in [0.4, 0.5) is 11.4 Å². The predicted molar refractivity (Wildman–Crippen MR) is 167 cm³/mol. The summed E-state index contributed by atoms with van der Waals surface area (Å²) in [5.74, 6) is 0.269. The molecule has 0 spiro atoms. The fraction of sp³-hybridized carbons (Fsp3) is 0.0556. The standard InChI is InChI=1S/C36H24N2S/c1-5-15-30-24(10-1)25-11-2-6-16-31(25)37(30)23-20-21-33-29(22-23)26-12-3-7-17-32(26)38(33)34-18-9-14-28-27-13-4-8-19-35(27)39-36(28)34/h1-22,29,33H. The molecule has 2 aliphatic rings. The third-order valence-corrected chi connectivity index (χ3v) is 9.73. The van der Waals surface area contributed by atoms with E-state index in [9.17, 15) is 0 Å². The van der Waals surface area contributed by atoms with Gasteiger partial charge in [0.05, 0.1) is 27.5 Å². The van der Waals surface area contributed by atoms with E-state index in [-0.39, 0.29) is 12.0 Å². The molecule has 0 saturated carbocycles. The first-order chi connectivity index (χ1) is 19.4. The number of hydrogen-bond acceptors (Lipinski definition) is 2. The van der Waals surface area contributed by atoms with Crippen molar-refractivity contribution in [2.24, 2.45) is 0 Å². The van der Waals surface area contributed by atoms with Gasteiger partial charge in [-0.25, -0.2) is 0 Å². The van der Waals surface area contributed by atoms with Crippen molar-refractivity contribution in [1.29, 1.82) is 0 Å². The molecule has 0 fully saturated rings. The Morgan fingerprint density at radius 2 is 1.21 bits per heavy atom. The molecule has 9 rings (SSSR count). The van der Waals surface area contributed by atoms with Crippen LogP contribution in [0.15, 0.2) is 133 Å². The van der Waals surface area contributed by atoms with Crippen molar-refractivity contribution in [3.63, 3.8) is 0 Å². The Morgan fingerprint density at radius 3 is 2.03 bits per heavy atom. The van der Waals surface area contributed by atoms with E-state index < -0.39 is 0 Å². The molecule has 0 N–H and O–H groups in total. The van der Waals surface area contributed by atoms with Crippen LogP contribution in [0.2, 0.25) is 0 Å². The molecule has 39 heavy (non-hydrogen) atoms. The third kappa shape index (κ3) is 2.91. The highest BCUT2D eigenvalue weighted by Gasteiger charge is 2.39. The molecule has 0 saturated heterocycles. The Morgan fingerprint density at radius 1 is 0.564 bits per heavy atom. The van der Waals surface area contributed by atoms with Crippen LogP contribution in [0, 0.1) is 0 Å². The SMILES string of the molecule is C1=CC2C(C=C1n1c3ccccc3c3ccccc31)c1ccccc1N2c1cccc2c1sc1ccccc12. The lowest BCUT2D eigenvalue weighted by Gasteiger charge is -2.30. The normalized spacial score (nSPS) is 18.3. The lowest BCUT2D eigenvalue weighted by Crippen LogP contribution is -2.29. The zero-order chi connectivity index (χ0) is 25.5. The van der Waals surface area contributed by atoms with Crippen LogP contribution >= 0.6 is 11.3 Å². The molecule has 5 aromatic carbocycles. The average molecular weight is 517 g/mol. The summed E-state index contributed by atoms with van der Waals surface area (Å²) < 4.78 is 5.14. The number of rotatable bonds is 2. The maximum atomic E-state index is 2.58. The molecule has 0 amide bonds. The molecule has 2 unspecified atom stereocenters. The van der Waals surface area contributed by atoms with Gasteiger partial charge >= 0.3 is 0 Å². The summed E-state index contributed by atoms with van der Waals surface area (Å²) in [7, 11) is 0. The molecule has 0 radical (unpaired) electrons. The number of anilines is 2. The van der Waals surface area contributed by atoms with Gasteiger partial charge < -0.3 is 9.47 Å². The molecule has 184 valence electrons. The van der Waals surface area contributed by atoms with Gasteiger partial charge in [-0.2, -0.15) is 0 Å². The number of allylic oxidation sites excluding steroid dienone is 2. The van der Waals surface area contributed by atoms with Gasteiger partial charge in [0.2, 0.25) is 0 Å². The van der Waals surface area contributed by atoms with Crippen LogP contribution < -0.4 is 4.90 Å². The van der Waals surface area contributed by atoms with Crippen LogP contribution in [0.1, 0.15) is 11.5 Å². The van der Waals surface area contributed by atoms with Crippen molar-refractivity contribution in [1.82, 2.24) is 4.57 Å². The summed E-state index contributed by atoms with van der Waals surface area (Å²) in [4.78, 5) is 2.58. The first-order valence-corrected chi connectivity index (χ1v) is 14.4. The minimum absolute atomic E-state index is 0.232. The number of fused-ring (bicyclic) bond motifs is 9. The summed E-state index contributed by atoms with van der Waals surface area (Å²) in [6, 6.07) is 42.3.